The van der Waals surface area contributed by atoms with Crippen molar-refractivity contribution in [3.05, 3.63) is 11.4 Å². The van der Waals surface area contributed by atoms with Gasteiger partial charge in [0.05, 0.1) is 0 Å². The molecule has 0 spiro atoms. The molecule has 5 fully saturated rings. The second-order valence-electron chi connectivity index (χ2n) is 12.1. The molecule has 5 aliphatic rings. The van der Waals surface area contributed by atoms with Gasteiger partial charge >= 0.3 is 0 Å². The molecule has 0 N–H and O–H groups in total. The fourth-order valence-corrected chi connectivity index (χ4v) is 8.92. The molecule has 0 aliphatic heterocycles. The van der Waals surface area contributed by atoms with Gasteiger partial charge < -0.3 is 4.85 Å². The van der Waals surface area contributed by atoms with Crippen LogP contribution in [-0.4, -0.2) is 29.1 Å². The van der Waals surface area contributed by atoms with Crippen molar-refractivity contribution in [2.45, 2.75) is 140 Å². The summed E-state index contributed by atoms with van der Waals surface area (Å²) in [5.74, 6) is 5.00. The van der Waals surface area contributed by atoms with E-state index in [1.807, 2.05) is 0 Å². The fourth-order valence-electron chi connectivity index (χ4n) is 8.92. The Bertz CT molecular complexity index is 570. The Labute approximate surface area is 186 Å². The predicted molar refractivity (Wildman–Crippen MR) is 125 cm³/mol. The molecule has 5 saturated carbocycles. The van der Waals surface area contributed by atoms with E-state index in [1.54, 1.807) is 6.42 Å². The molecule has 0 aromatic heterocycles. The van der Waals surface area contributed by atoms with Gasteiger partial charge in [-0.05, 0) is 87.4 Å². The lowest BCUT2D eigenvalue weighted by Crippen LogP contribution is -2.61. The van der Waals surface area contributed by atoms with Crippen LogP contribution in [0.25, 0.3) is 4.85 Å². The van der Waals surface area contributed by atoms with Crippen LogP contribution in [0.15, 0.2) is 0 Å². The SMILES string of the molecule is [C-]#[N+]C1CCC(N(C2CCC(C)CC2)C2C3CCCCC3CC3CCCCC32)CC1. The normalized spacial score (nSPS) is 47.2. The third-order valence-corrected chi connectivity index (χ3v) is 10.4. The number of hydrogen-bond acceptors (Lipinski definition) is 1. The molecule has 168 valence electrons. The predicted octanol–water partition coefficient (Wildman–Crippen LogP) is 7.48. The molecular weight excluding hydrogens is 364 g/mol. The van der Waals surface area contributed by atoms with Crippen LogP contribution in [0.2, 0.25) is 0 Å². The monoisotopic (exact) mass is 410 g/mol. The van der Waals surface area contributed by atoms with Crippen molar-refractivity contribution in [3.8, 4) is 0 Å². The molecule has 0 aromatic carbocycles. The summed E-state index contributed by atoms with van der Waals surface area (Å²) in [6.07, 6.45) is 24.5. The van der Waals surface area contributed by atoms with E-state index in [2.05, 4.69) is 16.7 Å². The standard InChI is InChI=1S/C28H46N2/c1-20-11-15-24(16-12-20)30(25-17-13-23(29-2)14-18-25)28-26-9-5-3-7-21(26)19-22-8-4-6-10-27(22)28/h20-28H,3-19H2,1H3. The molecule has 0 radical (unpaired) electrons. The Morgan fingerprint density at radius 1 is 0.633 bits per heavy atom. The quantitative estimate of drug-likeness (QED) is 0.437. The molecule has 0 bridgehead atoms. The van der Waals surface area contributed by atoms with Gasteiger partial charge in [-0.3, -0.25) is 4.90 Å². The zero-order valence-electron chi connectivity index (χ0n) is 19.6. The van der Waals surface area contributed by atoms with Crippen molar-refractivity contribution in [1.29, 1.82) is 0 Å². The first-order chi connectivity index (χ1) is 14.7. The number of fused-ring (bicyclic) bond motifs is 2. The summed E-state index contributed by atoms with van der Waals surface area (Å²) in [6.45, 7) is 10.0. The highest BCUT2D eigenvalue weighted by atomic mass is 15.2. The van der Waals surface area contributed by atoms with E-state index < -0.39 is 0 Å². The highest BCUT2D eigenvalue weighted by Gasteiger charge is 2.51. The van der Waals surface area contributed by atoms with Gasteiger partial charge in [0.2, 0.25) is 6.04 Å². The lowest BCUT2D eigenvalue weighted by molar-refractivity contribution is -0.0925. The lowest BCUT2D eigenvalue weighted by atomic mass is 9.56. The van der Waals surface area contributed by atoms with Crippen LogP contribution < -0.4 is 0 Å². The van der Waals surface area contributed by atoms with Crippen molar-refractivity contribution in [2.75, 3.05) is 0 Å². The molecule has 30 heavy (non-hydrogen) atoms. The van der Waals surface area contributed by atoms with Gasteiger partial charge in [0.1, 0.15) is 0 Å². The number of rotatable bonds is 3. The smallest absolute Gasteiger partial charge is 0.223 e. The van der Waals surface area contributed by atoms with Gasteiger partial charge in [-0.25, -0.2) is 6.57 Å². The van der Waals surface area contributed by atoms with E-state index in [1.165, 1.54) is 103 Å². The molecule has 0 heterocycles. The van der Waals surface area contributed by atoms with Gasteiger partial charge in [0.15, 0.2) is 0 Å². The van der Waals surface area contributed by atoms with E-state index in [0.29, 0.717) is 6.04 Å². The Hall–Kier alpha value is -0.550. The van der Waals surface area contributed by atoms with E-state index in [9.17, 15) is 0 Å². The third-order valence-electron chi connectivity index (χ3n) is 10.4. The van der Waals surface area contributed by atoms with Crippen molar-refractivity contribution < 1.29 is 0 Å². The van der Waals surface area contributed by atoms with Crippen molar-refractivity contribution >= 4 is 0 Å². The van der Waals surface area contributed by atoms with E-state index in [0.717, 1.165) is 47.7 Å². The minimum absolute atomic E-state index is 0.325. The molecule has 5 aliphatic carbocycles. The first kappa shape index (κ1) is 21.3. The Balaban J connectivity index is 1.45. The second-order valence-corrected chi connectivity index (χ2v) is 12.1. The summed E-state index contributed by atoms with van der Waals surface area (Å²) in [7, 11) is 0. The summed E-state index contributed by atoms with van der Waals surface area (Å²) < 4.78 is 0. The van der Waals surface area contributed by atoms with Gasteiger partial charge in [-0.1, -0.05) is 45.4 Å². The summed E-state index contributed by atoms with van der Waals surface area (Å²) in [5, 5.41) is 0. The molecule has 0 amide bonds. The molecule has 2 nitrogen and oxygen atoms in total. The summed E-state index contributed by atoms with van der Waals surface area (Å²) in [6, 6.07) is 2.85. The van der Waals surface area contributed by atoms with E-state index in [4.69, 9.17) is 6.57 Å². The zero-order valence-corrected chi connectivity index (χ0v) is 19.6. The lowest BCUT2D eigenvalue weighted by Gasteiger charge is -2.59. The van der Waals surface area contributed by atoms with Crippen LogP contribution >= 0.6 is 0 Å². The Morgan fingerprint density at radius 3 is 1.67 bits per heavy atom. The molecule has 4 atom stereocenters. The van der Waals surface area contributed by atoms with Crippen LogP contribution in [0.4, 0.5) is 0 Å². The Morgan fingerprint density at radius 2 is 1.13 bits per heavy atom. The second kappa shape index (κ2) is 9.52. The number of nitrogens with zero attached hydrogens (tertiary/aromatic N) is 2. The molecule has 5 rings (SSSR count). The van der Waals surface area contributed by atoms with E-state index in [-0.39, 0.29) is 0 Å². The fraction of sp³-hybridized carbons (Fsp3) is 0.964. The third kappa shape index (κ3) is 4.22. The first-order valence-corrected chi connectivity index (χ1v) is 13.9. The maximum Gasteiger partial charge on any atom is 0.223 e. The van der Waals surface area contributed by atoms with Gasteiger partial charge in [-0.2, -0.15) is 0 Å². The first-order valence-electron chi connectivity index (χ1n) is 13.9. The topological polar surface area (TPSA) is 7.60 Å². The highest BCUT2D eigenvalue weighted by molar-refractivity contribution is 5.04. The summed E-state index contributed by atoms with van der Waals surface area (Å²) in [5.41, 5.74) is 0. The molecule has 2 heteroatoms. The average Bonchev–Trinajstić information content (AvgIpc) is 2.80. The number of hydrogen-bond donors (Lipinski definition) is 0. The van der Waals surface area contributed by atoms with Gasteiger partial charge in [0.25, 0.3) is 0 Å². The van der Waals surface area contributed by atoms with Crippen LogP contribution in [-0.2, 0) is 0 Å². The van der Waals surface area contributed by atoms with Crippen molar-refractivity contribution in [1.82, 2.24) is 4.90 Å². The highest BCUT2D eigenvalue weighted by Crippen LogP contribution is 2.53. The minimum atomic E-state index is 0.325. The van der Waals surface area contributed by atoms with Crippen LogP contribution in [0.3, 0.4) is 0 Å². The molecular formula is C28H46N2. The summed E-state index contributed by atoms with van der Waals surface area (Å²) in [4.78, 5) is 7.17. The van der Waals surface area contributed by atoms with Crippen LogP contribution in [0, 0.1) is 36.2 Å². The van der Waals surface area contributed by atoms with Crippen molar-refractivity contribution in [3.63, 3.8) is 0 Å². The van der Waals surface area contributed by atoms with Gasteiger partial charge in [-0.15, -0.1) is 0 Å². The molecule has 0 aromatic rings. The molecule has 0 saturated heterocycles. The van der Waals surface area contributed by atoms with Crippen LogP contribution in [0.1, 0.15) is 116 Å². The van der Waals surface area contributed by atoms with E-state index >= 15 is 0 Å². The largest absolute Gasteiger partial charge is 0.314 e. The minimum Gasteiger partial charge on any atom is -0.314 e. The molecule has 4 unspecified atom stereocenters. The maximum absolute atomic E-state index is 7.54. The van der Waals surface area contributed by atoms with Crippen LogP contribution in [0.5, 0.6) is 0 Å². The van der Waals surface area contributed by atoms with Crippen molar-refractivity contribution in [2.24, 2.45) is 29.6 Å². The Kier molecular flexibility index (Phi) is 6.76. The average molecular weight is 411 g/mol. The summed E-state index contributed by atoms with van der Waals surface area (Å²) >= 11 is 0. The van der Waals surface area contributed by atoms with Gasteiger partial charge in [0, 0.05) is 31.0 Å². The maximum atomic E-state index is 7.54. The zero-order chi connectivity index (χ0) is 20.5.